The van der Waals surface area contributed by atoms with Gasteiger partial charge in [0.2, 0.25) is 0 Å². The van der Waals surface area contributed by atoms with Crippen LogP contribution in [-0.2, 0) is 10.2 Å². The molecule has 2 aromatic carbocycles. The summed E-state index contributed by atoms with van der Waals surface area (Å²) in [7, 11) is -0.708. The van der Waals surface area contributed by atoms with E-state index >= 15 is 0 Å². The van der Waals surface area contributed by atoms with Gasteiger partial charge in [-0.3, -0.25) is 4.79 Å². The maximum absolute atomic E-state index is 13.4. The van der Waals surface area contributed by atoms with Gasteiger partial charge in [-0.1, -0.05) is 61.7 Å². The molecule has 0 bridgehead atoms. The van der Waals surface area contributed by atoms with Gasteiger partial charge in [0.05, 0.1) is 11.2 Å². The Kier molecular flexibility index (Phi) is 5.32. The lowest BCUT2D eigenvalue weighted by Gasteiger charge is -2.24. The Bertz CT molecular complexity index is 1160. The minimum Gasteiger partial charge on any atom is -0.298 e. The van der Waals surface area contributed by atoms with Crippen molar-refractivity contribution >= 4 is 27.4 Å². The minimum atomic E-state index is -3.79. The first-order chi connectivity index (χ1) is 14.0. The van der Waals surface area contributed by atoms with Gasteiger partial charge in [-0.15, -0.1) is 0 Å². The minimum absolute atomic E-state index is 0.280. The van der Waals surface area contributed by atoms with Crippen LogP contribution in [0.5, 0.6) is 0 Å². The number of fused-ring (bicyclic) bond motifs is 1. The van der Waals surface area contributed by atoms with Crippen LogP contribution in [0, 0.1) is 0 Å². The zero-order valence-corrected chi connectivity index (χ0v) is 17.7. The molecule has 0 radical (unpaired) electrons. The van der Waals surface area contributed by atoms with Crippen LogP contribution in [0.2, 0.25) is 0 Å². The van der Waals surface area contributed by atoms with Crippen molar-refractivity contribution in [3.63, 3.8) is 0 Å². The summed E-state index contributed by atoms with van der Waals surface area (Å²) in [5, 5.41) is 0.959. The molecule has 1 fully saturated rings. The highest BCUT2D eigenvalue weighted by molar-refractivity contribution is 7.87. The predicted molar refractivity (Wildman–Crippen MR) is 117 cm³/mol. The summed E-state index contributed by atoms with van der Waals surface area (Å²) in [6, 6.07) is 15.0. The normalized spacial score (nSPS) is 15.8. The van der Waals surface area contributed by atoms with Crippen molar-refractivity contribution < 1.29 is 13.2 Å². The SMILES string of the molecule is CN(C)S(=O)(=O)n1c(-c2ccccc2C=O)c(C2CCCCC2)c2ccccc21. The standard InChI is InChI=1S/C23H26N2O3S/c1-24(2)29(27,28)25-21-15-9-8-14-20(21)22(17-10-4-3-5-11-17)23(25)19-13-7-6-12-18(19)16-26/h6-9,12-17H,3-5,10-11H2,1-2H3. The van der Waals surface area contributed by atoms with Crippen LogP contribution in [0.25, 0.3) is 22.2 Å². The Morgan fingerprint density at radius 1 is 0.966 bits per heavy atom. The van der Waals surface area contributed by atoms with Gasteiger partial charge in [0.1, 0.15) is 0 Å². The van der Waals surface area contributed by atoms with Gasteiger partial charge in [-0.2, -0.15) is 12.7 Å². The lowest BCUT2D eigenvalue weighted by Crippen LogP contribution is -2.29. The third-order valence-electron chi connectivity index (χ3n) is 5.92. The number of nitrogens with zero attached hydrogens (tertiary/aromatic N) is 2. The molecule has 3 aromatic rings. The Hall–Kier alpha value is -2.44. The lowest BCUT2D eigenvalue weighted by molar-refractivity contribution is 0.112. The van der Waals surface area contributed by atoms with Crippen LogP contribution in [-0.4, -0.2) is 37.1 Å². The average Bonchev–Trinajstić information content (AvgIpc) is 3.10. The van der Waals surface area contributed by atoms with Crippen LogP contribution < -0.4 is 0 Å². The topological polar surface area (TPSA) is 59.4 Å². The maximum Gasteiger partial charge on any atom is 0.308 e. The Morgan fingerprint density at radius 3 is 2.31 bits per heavy atom. The quantitative estimate of drug-likeness (QED) is 0.567. The van der Waals surface area contributed by atoms with Crippen molar-refractivity contribution in [1.29, 1.82) is 0 Å². The lowest BCUT2D eigenvalue weighted by atomic mass is 9.81. The van der Waals surface area contributed by atoms with Gasteiger partial charge < -0.3 is 0 Å². The molecule has 1 aliphatic carbocycles. The van der Waals surface area contributed by atoms with Gasteiger partial charge in [0, 0.05) is 30.6 Å². The summed E-state index contributed by atoms with van der Waals surface area (Å²) in [6.07, 6.45) is 6.37. The molecule has 6 heteroatoms. The number of benzene rings is 2. The Morgan fingerprint density at radius 2 is 1.62 bits per heavy atom. The van der Waals surface area contributed by atoms with E-state index in [1.165, 1.54) is 14.7 Å². The monoisotopic (exact) mass is 410 g/mol. The van der Waals surface area contributed by atoms with Crippen LogP contribution >= 0.6 is 0 Å². The van der Waals surface area contributed by atoms with E-state index in [1.807, 2.05) is 36.4 Å². The molecular weight excluding hydrogens is 384 g/mol. The van der Waals surface area contributed by atoms with E-state index in [2.05, 4.69) is 0 Å². The van der Waals surface area contributed by atoms with Gasteiger partial charge in [-0.05, 0) is 30.4 Å². The first-order valence-corrected chi connectivity index (χ1v) is 11.5. The fourth-order valence-corrected chi connectivity index (χ4v) is 5.68. The van der Waals surface area contributed by atoms with Gasteiger partial charge in [0.15, 0.2) is 6.29 Å². The number of hydrogen-bond donors (Lipinski definition) is 0. The number of hydrogen-bond acceptors (Lipinski definition) is 3. The fourth-order valence-electron chi connectivity index (χ4n) is 4.51. The molecular formula is C23H26N2O3S. The molecule has 5 nitrogen and oxygen atoms in total. The predicted octanol–water partition coefficient (Wildman–Crippen LogP) is 4.82. The highest BCUT2D eigenvalue weighted by atomic mass is 32.2. The first kappa shape index (κ1) is 19.9. The summed E-state index contributed by atoms with van der Waals surface area (Å²) < 4.78 is 29.5. The highest BCUT2D eigenvalue weighted by Crippen LogP contribution is 2.45. The van der Waals surface area contributed by atoms with Crippen molar-refractivity contribution in [3.05, 3.63) is 59.7 Å². The van der Waals surface area contributed by atoms with Crippen LogP contribution in [0.4, 0.5) is 0 Å². The molecule has 0 unspecified atom stereocenters. The molecule has 0 atom stereocenters. The first-order valence-electron chi connectivity index (χ1n) is 10.1. The fraction of sp³-hybridized carbons (Fsp3) is 0.348. The molecule has 1 aliphatic rings. The molecule has 1 saturated carbocycles. The van der Waals surface area contributed by atoms with Crippen molar-refractivity contribution in [2.75, 3.05) is 14.1 Å². The van der Waals surface area contributed by atoms with Gasteiger partial charge >= 0.3 is 10.2 Å². The number of rotatable bonds is 5. The molecule has 0 saturated heterocycles. The van der Waals surface area contributed by atoms with Gasteiger partial charge in [-0.25, -0.2) is 3.97 Å². The third-order valence-corrected chi connectivity index (χ3v) is 7.68. The van der Waals surface area contributed by atoms with E-state index in [0.717, 1.165) is 42.9 Å². The number of aromatic nitrogens is 1. The summed E-state index contributed by atoms with van der Waals surface area (Å²) >= 11 is 0. The molecule has 0 aliphatic heterocycles. The molecule has 4 rings (SSSR count). The summed E-state index contributed by atoms with van der Waals surface area (Å²) in [5.41, 5.74) is 3.53. The third kappa shape index (κ3) is 3.30. The van der Waals surface area contributed by atoms with Gasteiger partial charge in [0.25, 0.3) is 0 Å². The molecule has 1 heterocycles. The molecule has 0 amide bonds. The number of carbonyl (C=O) groups is 1. The zero-order valence-electron chi connectivity index (χ0n) is 16.8. The van der Waals surface area contributed by atoms with E-state index in [4.69, 9.17) is 0 Å². The molecule has 1 aromatic heterocycles. The van der Waals surface area contributed by atoms with Crippen molar-refractivity contribution in [3.8, 4) is 11.3 Å². The van der Waals surface area contributed by atoms with E-state index in [9.17, 15) is 13.2 Å². The molecule has 0 N–H and O–H groups in total. The number of carbonyl (C=O) groups excluding carboxylic acids is 1. The van der Waals surface area contributed by atoms with Crippen LogP contribution in [0.15, 0.2) is 48.5 Å². The zero-order chi connectivity index (χ0) is 20.6. The van der Waals surface area contributed by atoms with E-state index in [-0.39, 0.29) is 5.92 Å². The second-order valence-corrected chi connectivity index (χ2v) is 9.87. The van der Waals surface area contributed by atoms with Crippen molar-refractivity contribution in [2.45, 2.75) is 38.0 Å². The number of para-hydroxylation sites is 1. The second-order valence-electron chi connectivity index (χ2n) is 7.87. The second kappa shape index (κ2) is 7.76. The van der Waals surface area contributed by atoms with Crippen molar-refractivity contribution in [2.24, 2.45) is 0 Å². The summed E-state index contributed by atoms with van der Waals surface area (Å²) in [6.45, 7) is 0. The van der Waals surface area contributed by atoms with E-state index in [0.29, 0.717) is 22.3 Å². The average molecular weight is 411 g/mol. The Balaban J connectivity index is 2.17. The van der Waals surface area contributed by atoms with E-state index in [1.54, 1.807) is 26.2 Å². The smallest absolute Gasteiger partial charge is 0.298 e. The van der Waals surface area contributed by atoms with Crippen LogP contribution in [0.1, 0.15) is 53.9 Å². The largest absolute Gasteiger partial charge is 0.308 e. The van der Waals surface area contributed by atoms with Crippen LogP contribution in [0.3, 0.4) is 0 Å². The molecule has 0 spiro atoms. The summed E-state index contributed by atoms with van der Waals surface area (Å²) in [4.78, 5) is 11.8. The van der Waals surface area contributed by atoms with E-state index < -0.39 is 10.2 Å². The molecule has 29 heavy (non-hydrogen) atoms. The van der Waals surface area contributed by atoms with Crippen molar-refractivity contribution in [1.82, 2.24) is 8.28 Å². The molecule has 152 valence electrons. The number of aldehydes is 1. The Labute approximate surface area is 172 Å². The highest BCUT2D eigenvalue weighted by Gasteiger charge is 2.32. The summed E-state index contributed by atoms with van der Waals surface area (Å²) in [5.74, 6) is 0.280. The maximum atomic E-state index is 13.4.